The Labute approximate surface area is 199 Å². The number of hydrogen-bond donors (Lipinski definition) is 1. The first kappa shape index (κ1) is 23.6. The van der Waals surface area contributed by atoms with Crippen LogP contribution < -0.4 is 10.1 Å². The highest BCUT2D eigenvalue weighted by molar-refractivity contribution is 8.18. The number of aryl methyl sites for hydroxylation is 1. The van der Waals surface area contributed by atoms with Crippen molar-refractivity contribution in [3.05, 3.63) is 57.2 Å². The highest BCUT2D eigenvalue weighted by Gasteiger charge is 2.38. The van der Waals surface area contributed by atoms with Gasteiger partial charge in [0.05, 0.1) is 17.1 Å². The monoisotopic (exact) mass is 467 g/mol. The van der Waals surface area contributed by atoms with Crippen LogP contribution in [0.2, 0.25) is 0 Å². The summed E-state index contributed by atoms with van der Waals surface area (Å²) in [7, 11) is 0. The van der Waals surface area contributed by atoms with E-state index >= 15 is 4.39 Å². The number of nitrogens with one attached hydrogen (secondary N) is 1. The molecule has 0 aromatic heterocycles. The number of hydrogen-bond acceptors (Lipinski definition) is 4. The second-order valence-corrected chi connectivity index (χ2v) is 11.1. The molecule has 1 N–H and O–H groups in total. The van der Waals surface area contributed by atoms with E-state index in [-0.39, 0.29) is 21.3 Å². The first-order valence-corrected chi connectivity index (χ1v) is 12.1. The fourth-order valence-electron chi connectivity index (χ4n) is 4.77. The van der Waals surface area contributed by atoms with Crippen LogP contribution >= 0.6 is 11.8 Å². The Kier molecular flexibility index (Phi) is 5.94. The van der Waals surface area contributed by atoms with E-state index in [1.54, 1.807) is 12.1 Å². The topological polar surface area (TPSA) is 55.4 Å². The predicted octanol–water partition coefficient (Wildman–Crippen LogP) is 6.87. The summed E-state index contributed by atoms with van der Waals surface area (Å²) in [4.78, 5) is 23.7. The van der Waals surface area contributed by atoms with E-state index in [0.717, 1.165) is 35.7 Å². The van der Waals surface area contributed by atoms with Crippen molar-refractivity contribution in [1.29, 1.82) is 0 Å². The maximum atomic E-state index is 16.0. The smallest absolute Gasteiger partial charge is 0.290 e. The lowest BCUT2D eigenvalue weighted by Gasteiger charge is -2.42. The van der Waals surface area contributed by atoms with Crippen LogP contribution in [0.4, 0.5) is 9.18 Å². The van der Waals surface area contributed by atoms with Crippen LogP contribution in [0.15, 0.2) is 29.2 Å². The summed E-state index contributed by atoms with van der Waals surface area (Å²) in [5, 5.41) is 1.76. The quantitative estimate of drug-likeness (QED) is 0.498. The van der Waals surface area contributed by atoms with Gasteiger partial charge in [0, 0.05) is 5.56 Å². The molecule has 2 aromatic rings. The van der Waals surface area contributed by atoms with Crippen molar-refractivity contribution >= 4 is 29.0 Å². The minimum Gasteiger partial charge on any atom is -0.493 e. The Balaban J connectivity index is 1.94. The van der Waals surface area contributed by atoms with Gasteiger partial charge in [-0.2, -0.15) is 0 Å². The molecule has 33 heavy (non-hydrogen) atoms. The molecule has 1 aliphatic heterocycles. The molecule has 0 bridgehead atoms. The normalized spacial score (nSPS) is 20.0. The van der Waals surface area contributed by atoms with Gasteiger partial charge in [0.15, 0.2) is 0 Å². The van der Waals surface area contributed by atoms with Gasteiger partial charge in [-0.25, -0.2) is 4.39 Å². The third kappa shape index (κ3) is 4.21. The second-order valence-electron chi connectivity index (χ2n) is 10.1. The van der Waals surface area contributed by atoms with Gasteiger partial charge < -0.3 is 4.74 Å². The largest absolute Gasteiger partial charge is 0.493 e. The summed E-state index contributed by atoms with van der Waals surface area (Å²) >= 11 is 0.778. The number of carbonyl (C=O) groups excluding carboxylic acids is 2. The van der Waals surface area contributed by atoms with Crippen LogP contribution in [-0.2, 0) is 15.6 Å². The first-order chi connectivity index (χ1) is 15.4. The summed E-state index contributed by atoms with van der Waals surface area (Å²) in [6, 6.07) is 7.66. The molecule has 0 saturated carbocycles. The lowest BCUT2D eigenvalue weighted by Crippen LogP contribution is -2.34. The highest BCUT2D eigenvalue weighted by Crippen LogP contribution is 2.49. The molecule has 6 heteroatoms. The SMILES string of the molecule is CCOc1ccc(/C=C2\SC(=O)NC2=O)c(F)c1-c1cc2c(cc1C)C(C)(C)CCC2(C)C. The number of thioether (sulfide) groups is 1. The second kappa shape index (κ2) is 8.32. The molecule has 4 nitrogen and oxygen atoms in total. The van der Waals surface area contributed by atoms with Crippen molar-refractivity contribution < 1.29 is 18.7 Å². The van der Waals surface area contributed by atoms with Gasteiger partial charge in [0.1, 0.15) is 11.6 Å². The van der Waals surface area contributed by atoms with E-state index in [1.165, 1.54) is 17.2 Å². The Bertz CT molecular complexity index is 1200. The highest BCUT2D eigenvalue weighted by atomic mass is 32.2. The predicted molar refractivity (Wildman–Crippen MR) is 132 cm³/mol. The summed E-state index contributed by atoms with van der Waals surface area (Å²) in [5.74, 6) is -0.501. The average Bonchev–Trinajstić information content (AvgIpc) is 3.05. The van der Waals surface area contributed by atoms with E-state index in [4.69, 9.17) is 4.74 Å². The molecule has 2 amide bonds. The summed E-state index contributed by atoms with van der Waals surface area (Å²) < 4.78 is 21.9. The maximum Gasteiger partial charge on any atom is 0.290 e. The summed E-state index contributed by atoms with van der Waals surface area (Å²) in [6.07, 6.45) is 3.59. The molecule has 1 heterocycles. The van der Waals surface area contributed by atoms with Gasteiger partial charge in [-0.1, -0.05) is 33.8 Å². The molecule has 2 aromatic carbocycles. The van der Waals surface area contributed by atoms with Crippen molar-refractivity contribution in [3.63, 3.8) is 0 Å². The Morgan fingerprint density at radius 3 is 2.30 bits per heavy atom. The molecule has 0 unspecified atom stereocenters. The number of imide groups is 1. The van der Waals surface area contributed by atoms with Crippen LogP contribution in [0.1, 0.15) is 69.7 Å². The van der Waals surface area contributed by atoms with Crippen molar-refractivity contribution in [2.24, 2.45) is 0 Å². The van der Waals surface area contributed by atoms with E-state index in [0.29, 0.717) is 17.9 Å². The number of amides is 2. The number of halogens is 1. The summed E-state index contributed by atoms with van der Waals surface area (Å²) in [6.45, 7) is 13.3. The standard InChI is InChI=1S/C27H30FNO3S/c1-7-32-20-9-8-16(13-21-24(30)29-25(31)33-21)23(28)22(20)17-14-19-18(12-15(17)2)26(3,4)10-11-27(19,5)6/h8-9,12-14H,7,10-11H2,1-6H3,(H,29,30,31)/b21-13-. The zero-order valence-electron chi connectivity index (χ0n) is 20.0. The molecular formula is C27H30FNO3S. The van der Waals surface area contributed by atoms with Crippen molar-refractivity contribution in [1.82, 2.24) is 5.32 Å². The van der Waals surface area contributed by atoms with E-state index in [9.17, 15) is 9.59 Å². The van der Waals surface area contributed by atoms with Crippen LogP contribution in [0.5, 0.6) is 5.75 Å². The van der Waals surface area contributed by atoms with Gasteiger partial charge in [-0.15, -0.1) is 0 Å². The zero-order chi connectivity index (χ0) is 24.1. The molecular weight excluding hydrogens is 437 g/mol. The lowest BCUT2D eigenvalue weighted by atomic mass is 9.62. The molecule has 174 valence electrons. The molecule has 1 saturated heterocycles. The van der Waals surface area contributed by atoms with Gasteiger partial charge in [0.25, 0.3) is 11.1 Å². The lowest BCUT2D eigenvalue weighted by molar-refractivity contribution is -0.115. The third-order valence-corrected chi connectivity index (χ3v) is 7.64. The number of ether oxygens (including phenoxy) is 1. The molecule has 1 aliphatic carbocycles. The van der Waals surface area contributed by atoms with Crippen molar-refractivity contribution in [2.75, 3.05) is 6.61 Å². The van der Waals surface area contributed by atoms with Gasteiger partial charge in [-0.3, -0.25) is 14.9 Å². The van der Waals surface area contributed by atoms with E-state index in [2.05, 4.69) is 45.1 Å². The molecule has 1 fully saturated rings. The molecule has 2 aliphatic rings. The number of fused-ring (bicyclic) bond motifs is 1. The average molecular weight is 468 g/mol. The van der Waals surface area contributed by atoms with Crippen LogP contribution in [0, 0.1) is 12.7 Å². The molecule has 0 spiro atoms. The number of rotatable bonds is 4. The first-order valence-electron chi connectivity index (χ1n) is 11.3. The fourth-order valence-corrected chi connectivity index (χ4v) is 5.44. The summed E-state index contributed by atoms with van der Waals surface area (Å²) in [5.41, 5.74) is 5.00. The van der Waals surface area contributed by atoms with Crippen LogP contribution in [-0.4, -0.2) is 17.8 Å². The van der Waals surface area contributed by atoms with Gasteiger partial charge in [0.2, 0.25) is 0 Å². The number of carbonyl (C=O) groups is 2. The Morgan fingerprint density at radius 2 is 1.73 bits per heavy atom. The molecule has 0 radical (unpaired) electrons. The van der Waals surface area contributed by atoms with Crippen molar-refractivity contribution in [3.8, 4) is 16.9 Å². The fraction of sp³-hybridized carbons (Fsp3) is 0.407. The van der Waals surface area contributed by atoms with Crippen LogP contribution in [0.3, 0.4) is 0 Å². The van der Waals surface area contributed by atoms with Gasteiger partial charge in [-0.05, 0) is 95.8 Å². The molecule has 4 rings (SSSR count). The third-order valence-electron chi connectivity index (χ3n) is 6.83. The van der Waals surface area contributed by atoms with Gasteiger partial charge >= 0.3 is 0 Å². The van der Waals surface area contributed by atoms with E-state index in [1.807, 2.05) is 13.8 Å². The Morgan fingerprint density at radius 1 is 1.09 bits per heavy atom. The van der Waals surface area contributed by atoms with E-state index < -0.39 is 17.0 Å². The van der Waals surface area contributed by atoms with Crippen molar-refractivity contribution in [2.45, 2.75) is 65.2 Å². The number of benzene rings is 2. The minimum atomic E-state index is -0.506. The minimum absolute atomic E-state index is 0.0198. The zero-order valence-corrected chi connectivity index (χ0v) is 20.8. The van der Waals surface area contributed by atoms with Crippen LogP contribution in [0.25, 0.3) is 17.2 Å². The maximum absolute atomic E-state index is 16.0. The Hall–Kier alpha value is -2.60. The molecule has 0 atom stereocenters.